The van der Waals surface area contributed by atoms with Gasteiger partial charge in [-0.05, 0) is 23.4 Å². The molecular formula is C14H10FNO2. The van der Waals surface area contributed by atoms with E-state index >= 15 is 0 Å². The van der Waals surface area contributed by atoms with Gasteiger partial charge in [-0.15, -0.1) is 0 Å². The average Bonchev–Trinajstić information content (AvgIpc) is 2.37. The fourth-order valence-corrected chi connectivity index (χ4v) is 2.21. The Morgan fingerprint density at radius 1 is 1.28 bits per heavy atom. The topological polar surface area (TPSA) is 52.3 Å². The van der Waals surface area contributed by atoms with Crippen LogP contribution in [0.2, 0.25) is 0 Å². The van der Waals surface area contributed by atoms with Crippen LogP contribution in [-0.2, 0) is 9.53 Å². The fraction of sp³-hybridized carbons (Fsp3) is 0.0714. The Kier molecular flexibility index (Phi) is 2.30. The van der Waals surface area contributed by atoms with E-state index in [1.165, 1.54) is 12.1 Å². The summed E-state index contributed by atoms with van der Waals surface area (Å²) in [6.45, 7) is 0. The number of hydrogen-bond donors (Lipinski definition) is 1. The minimum atomic E-state index is -0.691. The molecule has 1 aliphatic heterocycles. The standard InChI is InChI=1S/C14H10FNO2/c15-8-5-6-9-10-3-1-2-4-12(10)18-13(14(16)17)11(9)7-8/h1-7,12H,(H2,16,17). The summed E-state index contributed by atoms with van der Waals surface area (Å²) in [5, 5.41) is 1.19. The van der Waals surface area contributed by atoms with Gasteiger partial charge >= 0.3 is 0 Å². The van der Waals surface area contributed by atoms with E-state index in [2.05, 4.69) is 0 Å². The molecule has 1 aliphatic carbocycles. The molecule has 3 nitrogen and oxygen atoms in total. The number of amides is 1. The Hall–Kier alpha value is -2.36. The van der Waals surface area contributed by atoms with Crippen molar-refractivity contribution in [2.24, 2.45) is 5.73 Å². The van der Waals surface area contributed by atoms with Crippen molar-refractivity contribution in [3.8, 4) is 0 Å². The van der Waals surface area contributed by atoms with E-state index < -0.39 is 11.7 Å². The molecule has 1 amide bonds. The maximum atomic E-state index is 13.3. The Labute approximate surface area is 102 Å². The molecule has 18 heavy (non-hydrogen) atoms. The zero-order valence-electron chi connectivity index (χ0n) is 9.39. The zero-order chi connectivity index (χ0) is 12.7. The van der Waals surface area contributed by atoms with Gasteiger partial charge in [-0.1, -0.05) is 24.3 Å². The van der Waals surface area contributed by atoms with Crippen LogP contribution in [0.25, 0.3) is 11.3 Å². The largest absolute Gasteiger partial charge is 0.475 e. The molecule has 0 spiro atoms. The molecule has 2 N–H and O–H groups in total. The first-order valence-electron chi connectivity index (χ1n) is 5.52. The first-order valence-corrected chi connectivity index (χ1v) is 5.52. The lowest BCUT2D eigenvalue weighted by Gasteiger charge is -2.23. The number of ether oxygens (including phenoxy) is 1. The SMILES string of the molecule is NC(=O)C1=c2cc(F)ccc2=C2C=CC=CC2O1. The van der Waals surface area contributed by atoms with E-state index in [4.69, 9.17) is 10.5 Å². The number of carbonyl (C=O) groups is 1. The second-order valence-corrected chi connectivity index (χ2v) is 4.12. The van der Waals surface area contributed by atoms with Crippen molar-refractivity contribution < 1.29 is 13.9 Å². The van der Waals surface area contributed by atoms with Gasteiger partial charge < -0.3 is 10.5 Å². The highest BCUT2D eigenvalue weighted by atomic mass is 19.1. The fourth-order valence-electron chi connectivity index (χ4n) is 2.21. The van der Waals surface area contributed by atoms with E-state index in [1.807, 2.05) is 24.3 Å². The van der Waals surface area contributed by atoms with Crippen molar-refractivity contribution >= 4 is 17.2 Å². The number of carbonyl (C=O) groups excluding carboxylic acids is 1. The predicted octanol–water partition coefficient (Wildman–Crippen LogP) is 0.0947. The molecule has 1 aromatic rings. The van der Waals surface area contributed by atoms with Gasteiger partial charge in [0.25, 0.3) is 5.91 Å². The molecule has 2 aliphatic rings. The minimum Gasteiger partial charge on any atom is -0.475 e. The number of fused-ring (bicyclic) bond motifs is 2. The lowest BCUT2D eigenvalue weighted by Crippen LogP contribution is -2.42. The second kappa shape index (κ2) is 3.84. The summed E-state index contributed by atoms with van der Waals surface area (Å²) in [7, 11) is 0. The highest BCUT2D eigenvalue weighted by Crippen LogP contribution is 2.20. The monoisotopic (exact) mass is 243 g/mol. The van der Waals surface area contributed by atoms with Crippen LogP contribution in [0.5, 0.6) is 0 Å². The molecule has 1 unspecified atom stereocenters. The summed E-state index contributed by atoms with van der Waals surface area (Å²) >= 11 is 0. The first-order chi connectivity index (χ1) is 8.66. The van der Waals surface area contributed by atoms with Crippen LogP contribution in [0.1, 0.15) is 0 Å². The minimum absolute atomic E-state index is 0.0122. The molecule has 90 valence electrons. The molecule has 3 rings (SSSR count). The van der Waals surface area contributed by atoms with Crippen LogP contribution >= 0.6 is 0 Å². The van der Waals surface area contributed by atoms with Gasteiger partial charge in [0.2, 0.25) is 0 Å². The van der Waals surface area contributed by atoms with Gasteiger partial charge in [0.1, 0.15) is 11.9 Å². The lowest BCUT2D eigenvalue weighted by molar-refractivity contribution is -0.115. The van der Waals surface area contributed by atoms with Crippen molar-refractivity contribution in [3.63, 3.8) is 0 Å². The van der Waals surface area contributed by atoms with Gasteiger partial charge in [-0.2, -0.15) is 0 Å². The number of hydrogen-bond acceptors (Lipinski definition) is 2. The van der Waals surface area contributed by atoms with Gasteiger partial charge in [-0.3, -0.25) is 4.79 Å². The molecule has 1 aromatic carbocycles. The molecular weight excluding hydrogens is 233 g/mol. The third-order valence-electron chi connectivity index (χ3n) is 2.99. The first kappa shape index (κ1) is 10.8. The molecule has 0 saturated carbocycles. The van der Waals surface area contributed by atoms with Crippen molar-refractivity contribution in [2.75, 3.05) is 0 Å². The van der Waals surface area contributed by atoms with Gasteiger partial charge in [0.15, 0.2) is 5.76 Å². The lowest BCUT2D eigenvalue weighted by atomic mass is 9.97. The summed E-state index contributed by atoms with van der Waals surface area (Å²) in [6, 6.07) is 4.27. The predicted molar refractivity (Wildman–Crippen MR) is 64.8 cm³/mol. The maximum Gasteiger partial charge on any atom is 0.284 e. The van der Waals surface area contributed by atoms with E-state index in [0.29, 0.717) is 5.22 Å². The number of allylic oxidation sites excluding steroid dienone is 2. The molecule has 4 heteroatoms. The van der Waals surface area contributed by atoms with Gasteiger partial charge in [0.05, 0.1) is 0 Å². The third kappa shape index (κ3) is 1.54. The molecule has 1 atom stereocenters. The number of nitrogens with two attached hydrogens (primary N) is 1. The Balaban J connectivity index is 2.45. The summed E-state index contributed by atoms with van der Waals surface area (Å²) in [5.74, 6) is -1.10. The summed E-state index contributed by atoms with van der Waals surface area (Å²) in [6.07, 6.45) is 7.08. The number of primary amides is 1. The van der Waals surface area contributed by atoms with Crippen LogP contribution < -0.4 is 16.2 Å². The Morgan fingerprint density at radius 2 is 2.11 bits per heavy atom. The maximum absolute atomic E-state index is 13.3. The third-order valence-corrected chi connectivity index (χ3v) is 2.99. The number of rotatable bonds is 1. The van der Waals surface area contributed by atoms with Gasteiger partial charge in [-0.25, -0.2) is 4.39 Å². The molecule has 1 heterocycles. The van der Waals surface area contributed by atoms with Crippen molar-refractivity contribution in [1.29, 1.82) is 0 Å². The molecule has 0 fully saturated rings. The quantitative estimate of drug-likeness (QED) is 0.760. The van der Waals surface area contributed by atoms with Crippen molar-refractivity contribution in [2.45, 2.75) is 6.10 Å². The molecule has 0 saturated heterocycles. The molecule has 0 bridgehead atoms. The zero-order valence-corrected chi connectivity index (χ0v) is 9.39. The normalized spacial score (nSPS) is 20.2. The van der Waals surface area contributed by atoms with Crippen LogP contribution in [0.4, 0.5) is 4.39 Å². The number of halogens is 1. The molecule has 0 radical (unpaired) electrons. The van der Waals surface area contributed by atoms with E-state index in [1.54, 1.807) is 6.07 Å². The van der Waals surface area contributed by atoms with Crippen molar-refractivity contribution in [1.82, 2.24) is 0 Å². The van der Waals surface area contributed by atoms with Crippen LogP contribution in [-0.4, -0.2) is 12.0 Å². The van der Waals surface area contributed by atoms with Crippen LogP contribution in [0.3, 0.4) is 0 Å². The second-order valence-electron chi connectivity index (χ2n) is 4.12. The van der Waals surface area contributed by atoms with E-state index in [9.17, 15) is 9.18 Å². The number of benzene rings is 1. The summed E-state index contributed by atoms with van der Waals surface area (Å²) in [4.78, 5) is 11.4. The van der Waals surface area contributed by atoms with Crippen LogP contribution in [0.15, 0.2) is 42.5 Å². The summed E-state index contributed by atoms with van der Waals surface area (Å²) < 4.78 is 18.8. The van der Waals surface area contributed by atoms with E-state index in [-0.39, 0.29) is 11.9 Å². The highest BCUT2D eigenvalue weighted by molar-refractivity contribution is 6.10. The Morgan fingerprint density at radius 3 is 2.89 bits per heavy atom. The van der Waals surface area contributed by atoms with Gasteiger partial charge in [0, 0.05) is 10.8 Å². The van der Waals surface area contributed by atoms with Crippen LogP contribution in [0, 0.1) is 5.82 Å². The Bertz CT molecular complexity index is 716. The highest BCUT2D eigenvalue weighted by Gasteiger charge is 2.23. The average molecular weight is 243 g/mol. The smallest absolute Gasteiger partial charge is 0.284 e. The summed E-state index contributed by atoms with van der Waals surface area (Å²) in [5.41, 5.74) is 6.18. The van der Waals surface area contributed by atoms with E-state index in [0.717, 1.165) is 10.8 Å². The van der Waals surface area contributed by atoms with Crippen molar-refractivity contribution in [3.05, 3.63) is 58.8 Å². The molecule has 0 aromatic heterocycles.